The standard InChI is InChI=1S/C3H6FNO2/c1-2(5-4)3(6)7/h2,5H,1H3,(H,6,7)/t2-/m1/s1/i1D. The van der Waals surface area contributed by atoms with Crippen LogP contribution in [0.1, 0.15) is 8.27 Å². The lowest BCUT2D eigenvalue weighted by molar-refractivity contribution is -0.140. The maximum Gasteiger partial charge on any atom is 0.323 e. The number of aliphatic carboxylic acids is 1. The van der Waals surface area contributed by atoms with E-state index in [0.717, 1.165) is 5.54 Å². The molecule has 0 rings (SSSR count). The Balaban J connectivity index is 3.52. The monoisotopic (exact) mass is 108 g/mol. The molecule has 0 saturated heterocycles. The Hall–Kier alpha value is -0.640. The fraction of sp³-hybridized carbons (Fsp3) is 0.667. The van der Waals surface area contributed by atoms with Crippen LogP contribution in [-0.2, 0) is 4.79 Å². The second-order valence-corrected chi connectivity index (χ2v) is 1.000. The number of carboxylic acids is 1. The van der Waals surface area contributed by atoms with Gasteiger partial charge in [0.1, 0.15) is 6.04 Å². The largest absolute Gasteiger partial charge is 0.480 e. The third kappa shape index (κ3) is 2.11. The number of carboxylic acid groups (broad SMARTS) is 1. The molecule has 2 N–H and O–H groups in total. The van der Waals surface area contributed by atoms with Crippen LogP contribution in [0, 0.1) is 0 Å². The predicted molar refractivity (Wildman–Crippen MR) is 21.3 cm³/mol. The third-order valence-corrected chi connectivity index (χ3v) is 0.430. The summed E-state index contributed by atoms with van der Waals surface area (Å²) in [6, 6.07) is -1.38. The van der Waals surface area contributed by atoms with E-state index in [2.05, 4.69) is 0 Å². The molecule has 0 heterocycles. The molecule has 0 aliphatic rings. The molecule has 0 aromatic carbocycles. The van der Waals surface area contributed by atoms with E-state index in [4.69, 9.17) is 6.48 Å². The molecular weight excluding hydrogens is 101 g/mol. The quantitative estimate of drug-likeness (QED) is 0.487. The van der Waals surface area contributed by atoms with Crippen LogP contribution >= 0.6 is 0 Å². The van der Waals surface area contributed by atoms with Gasteiger partial charge in [0, 0.05) is 1.37 Å². The van der Waals surface area contributed by atoms with Crippen LogP contribution in [0.15, 0.2) is 0 Å². The Morgan fingerprint density at radius 3 is 2.86 bits per heavy atom. The molecule has 0 aliphatic heterocycles. The van der Waals surface area contributed by atoms with E-state index < -0.39 is 18.9 Å². The molecule has 0 fully saturated rings. The number of rotatable bonds is 2. The summed E-state index contributed by atoms with van der Waals surface area (Å²) >= 11 is 0. The molecule has 0 aliphatic carbocycles. The maximum absolute atomic E-state index is 11.2. The zero-order chi connectivity index (χ0) is 6.57. The molecule has 0 aromatic rings. The van der Waals surface area contributed by atoms with E-state index in [1.54, 1.807) is 0 Å². The highest BCUT2D eigenvalue weighted by Crippen LogP contribution is 1.77. The maximum atomic E-state index is 11.2. The van der Waals surface area contributed by atoms with Crippen LogP contribution in [0.4, 0.5) is 4.48 Å². The fourth-order valence-electron chi connectivity index (χ4n) is 0.0467. The van der Waals surface area contributed by atoms with Crippen LogP contribution in [0.5, 0.6) is 0 Å². The first-order valence-corrected chi connectivity index (χ1v) is 1.60. The summed E-state index contributed by atoms with van der Waals surface area (Å²) in [5, 5.41) is 7.95. The normalized spacial score (nSPS) is 15.3. The Bertz CT molecular complexity index is 85.4. The summed E-state index contributed by atoms with van der Waals surface area (Å²) < 4.78 is 17.6. The Labute approximate surface area is 41.5 Å². The summed E-state index contributed by atoms with van der Waals surface area (Å²) in [5.41, 5.74) is 0.964. The van der Waals surface area contributed by atoms with Gasteiger partial charge in [0.15, 0.2) is 0 Å². The Morgan fingerprint density at radius 2 is 2.86 bits per heavy atom. The highest BCUT2D eigenvalue weighted by Gasteiger charge is 2.07. The summed E-state index contributed by atoms with van der Waals surface area (Å²) in [6.07, 6.45) is 0. The lowest BCUT2D eigenvalue weighted by Crippen LogP contribution is -2.27. The van der Waals surface area contributed by atoms with Gasteiger partial charge in [0.25, 0.3) is 0 Å². The SMILES string of the molecule is [2H]C[C@@H](NF)C(=O)O. The minimum atomic E-state index is -1.38. The molecule has 0 unspecified atom stereocenters. The lowest BCUT2D eigenvalue weighted by atomic mass is 10.4. The second-order valence-electron chi connectivity index (χ2n) is 1.000. The topological polar surface area (TPSA) is 49.3 Å². The Kier molecular flexibility index (Phi) is 1.63. The number of hydrogen-bond donors (Lipinski definition) is 2. The third-order valence-electron chi connectivity index (χ3n) is 0.430. The van der Waals surface area contributed by atoms with Crippen LogP contribution in [0.3, 0.4) is 0 Å². The van der Waals surface area contributed by atoms with E-state index in [0.29, 0.717) is 0 Å². The first-order chi connectivity index (χ1) is 3.72. The van der Waals surface area contributed by atoms with Crippen molar-refractivity contribution in [3.8, 4) is 0 Å². The summed E-state index contributed by atoms with van der Waals surface area (Å²) in [5.74, 6) is -1.34. The van der Waals surface area contributed by atoms with Crippen LogP contribution in [-0.4, -0.2) is 17.1 Å². The van der Waals surface area contributed by atoms with Gasteiger partial charge < -0.3 is 5.11 Å². The van der Waals surface area contributed by atoms with Gasteiger partial charge in [-0.3, -0.25) is 4.79 Å². The predicted octanol–water partition coefficient (Wildman–Crippen LogP) is -0.0664. The molecule has 0 bridgehead atoms. The van der Waals surface area contributed by atoms with E-state index in [-0.39, 0.29) is 0 Å². The van der Waals surface area contributed by atoms with Crippen molar-refractivity contribution in [1.29, 1.82) is 0 Å². The summed E-state index contributed by atoms with van der Waals surface area (Å²) in [4.78, 5) is 9.74. The van der Waals surface area contributed by atoms with Crippen molar-refractivity contribution in [2.45, 2.75) is 12.9 Å². The molecule has 3 nitrogen and oxygen atoms in total. The van der Waals surface area contributed by atoms with Crippen molar-refractivity contribution in [2.24, 2.45) is 0 Å². The van der Waals surface area contributed by atoms with Gasteiger partial charge >= 0.3 is 5.97 Å². The van der Waals surface area contributed by atoms with Gasteiger partial charge in [-0.05, 0) is 6.90 Å². The zero-order valence-electron chi connectivity index (χ0n) is 4.52. The number of halogens is 1. The van der Waals surface area contributed by atoms with Crippen molar-refractivity contribution < 1.29 is 15.8 Å². The average Bonchev–Trinajstić information content (AvgIpc) is 1.69. The van der Waals surface area contributed by atoms with Crippen LogP contribution < -0.4 is 5.54 Å². The highest BCUT2D eigenvalue weighted by atomic mass is 19.2. The fourth-order valence-corrected chi connectivity index (χ4v) is 0.0467. The second kappa shape index (κ2) is 2.52. The average molecular weight is 108 g/mol. The smallest absolute Gasteiger partial charge is 0.323 e. The highest BCUT2D eigenvalue weighted by molar-refractivity contribution is 5.72. The molecule has 0 saturated carbocycles. The molecule has 0 spiro atoms. The number of carbonyl (C=O) groups is 1. The minimum absolute atomic E-state index is 0.494. The van der Waals surface area contributed by atoms with Crippen molar-refractivity contribution in [3.63, 3.8) is 0 Å². The summed E-state index contributed by atoms with van der Waals surface area (Å²) in [6.45, 7) is -0.494. The van der Waals surface area contributed by atoms with Gasteiger partial charge in [-0.1, -0.05) is 0 Å². The molecule has 42 valence electrons. The van der Waals surface area contributed by atoms with Crippen molar-refractivity contribution in [2.75, 3.05) is 0 Å². The number of nitrogens with one attached hydrogen (secondary N) is 1. The van der Waals surface area contributed by atoms with Gasteiger partial charge in [-0.25, -0.2) is 0 Å². The van der Waals surface area contributed by atoms with E-state index in [9.17, 15) is 9.28 Å². The molecule has 0 aromatic heterocycles. The van der Waals surface area contributed by atoms with Crippen molar-refractivity contribution >= 4 is 5.97 Å². The molecule has 1 atom stereocenters. The van der Waals surface area contributed by atoms with Gasteiger partial charge in [0.05, 0.1) is 0 Å². The van der Waals surface area contributed by atoms with Gasteiger partial charge in [-0.2, -0.15) is 0 Å². The molecule has 7 heavy (non-hydrogen) atoms. The first-order valence-electron chi connectivity index (χ1n) is 2.31. The van der Waals surface area contributed by atoms with Crippen molar-refractivity contribution in [3.05, 3.63) is 0 Å². The van der Waals surface area contributed by atoms with E-state index >= 15 is 0 Å². The van der Waals surface area contributed by atoms with Crippen molar-refractivity contribution in [1.82, 2.24) is 5.54 Å². The number of hydrogen-bond acceptors (Lipinski definition) is 2. The lowest BCUT2D eigenvalue weighted by Gasteiger charge is -1.95. The zero-order valence-corrected chi connectivity index (χ0v) is 3.52. The molecule has 0 amide bonds. The molecule has 0 radical (unpaired) electrons. The Morgan fingerprint density at radius 1 is 2.29 bits per heavy atom. The van der Waals surface area contributed by atoms with Gasteiger partial charge in [0.2, 0.25) is 0 Å². The van der Waals surface area contributed by atoms with Crippen LogP contribution in [0.25, 0.3) is 0 Å². The van der Waals surface area contributed by atoms with E-state index in [1.165, 1.54) is 0 Å². The van der Waals surface area contributed by atoms with E-state index in [1.807, 2.05) is 0 Å². The minimum Gasteiger partial charge on any atom is -0.480 e. The van der Waals surface area contributed by atoms with Crippen LogP contribution in [0.2, 0.25) is 0 Å². The molecular formula is C3H6FNO2. The van der Waals surface area contributed by atoms with Gasteiger partial charge in [-0.15, -0.1) is 10.0 Å². The first kappa shape index (κ1) is 4.52. The molecule has 4 heteroatoms. The summed E-state index contributed by atoms with van der Waals surface area (Å²) in [7, 11) is 0.